The molecule has 2 amide bonds. The Morgan fingerprint density at radius 3 is 2.50 bits per heavy atom. The second-order valence-corrected chi connectivity index (χ2v) is 6.38. The topological polar surface area (TPSA) is 72.2 Å². The molecule has 2 aromatic rings. The fourth-order valence-electron chi connectivity index (χ4n) is 1.86. The summed E-state index contributed by atoms with van der Waals surface area (Å²) in [4.78, 5) is 23.3. The number of hydrogen-bond donors (Lipinski definition) is 2. The first-order valence-corrected chi connectivity index (χ1v) is 8.52. The SMILES string of the molecule is NC(=O)c1ccccc1NC(=O)CSCc1ccccc1Br. The number of nitrogens with one attached hydrogen (secondary N) is 1. The van der Waals surface area contributed by atoms with Gasteiger partial charge < -0.3 is 11.1 Å². The van der Waals surface area contributed by atoms with Crippen molar-refractivity contribution in [1.29, 1.82) is 0 Å². The van der Waals surface area contributed by atoms with Crippen LogP contribution in [0.15, 0.2) is 53.0 Å². The monoisotopic (exact) mass is 378 g/mol. The number of rotatable bonds is 6. The minimum Gasteiger partial charge on any atom is -0.366 e. The van der Waals surface area contributed by atoms with Crippen LogP contribution in [0.1, 0.15) is 15.9 Å². The third kappa shape index (κ3) is 4.61. The molecule has 0 aliphatic heterocycles. The fraction of sp³-hybridized carbons (Fsp3) is 0.125. The molecule has 0 aliphatic carbocycles. The molecular weight excluding hydrogens is 364 g/mol. The number of benzene rings is 2. The van der Waals surface area contributed by atoms with Gasteiger partial charge in [0.1, 0.15) is 0 Å². The van der Waals surface area contributed by atoms with Crippen molar-refractivity contribution in [3.05, 3.63) is 64.1 Å². The molecule has 2 rings (SSSR count). The highest BCUT2D eigenvalue weighted by molar-refractivity contribution is 9.10. The smallest absolute Gasteiger partial charge is 0.250 e. The summed E-state index contributed by atoms with van der Waals surface area (Å²) in [5.41, 5.74) is 7.18. The minimum atomic E-state index is -0.559. The van der Waals surface area contributed by atoms with Crippen LogP contribution in [0, 0.1) is 0 Å². The zero-order chi connectivity index (χ0) is 15.9. The molecule has 0 radical (unpaired) electrons. The maximum Gasteiger partial charge on any atom is 0.250 e. The van der Waals surface area contributed by atoms with Gasteiger partial charge in [0.15, 0.2) is 0 Å². The van der Waals surface area contributed by atoms with Crippen LogP contribution in [-0.2, 0) is 10.5 Å². The molecule has 0 aromatic heterocycles. The molecule has 6 heteroatoms. The second-order valence-electron chi connectivity index (χ2n) is 4.54. The quantitative estimate of drug-likeness (QED) is 0.808. The summed E-state index contributed by atoms with van der Waals surface area (Å²) >= 11 is 4.98. The Labute approximate surface area is 141 Å². The predicted molar refractivity (Wildman–Crippen MR) is 93.9 cm³/mol. The number of anilines is 1. The summed E-state index contributed by atoms with van der Waals surface area (Å²) in [6, 6.07) is 14.6. The number of nitrogens with two attached hydrogens (primary N) is 1. The molecule has 22 heavy (non-hydrogen) atoms. The van der Waals surface area contributed by atoms with Crippen LogP contribution < -0.4 is 11.1 Å². The lowest BCUT2D eigenvalue weighted by molar-refractivity contribution is -0.113. The molecular formula is C16H15BrN2O2S. The molecule has 0 saturated carbocycles. The number of halogens is 1. The van der Waals surface area contributed by atoms with E-state index < -0.39 is 5.91 Å². The molecule has 0 atom stereocenters. The zero-order valence-corrected chi connectivity index (χ0v) is 14.1. The Hall–Kier alpha value is -1.79. The molecule has 4 nitrogen and oxygen atoms in total. The average Bonchev–Trinajstić information content (AvgIpc) is 2.49. The lowest BCUT2D eigenvalue weighted by atomic mass is 10.1. The van der Waals surface area contributed by atoms with E-state index in [0.29, 0.717) is 17.0 Å². The van der Waals surface area contributed by atoms with Crippen molar-refractivity contribution in [3.8, 4) is 0 Å². The molecule has 0 bridgehead atoms. The van der Waals surface area contributed by atoms with Gasteiger partial charge in [-0.3, -0.25) is 9.59 Å². The first-order chi connectivity index (χ1) is 10.6. The Morgan fingerprint density at radius 2 is 1.77 bits per heavy atom. The number of amides is 2. The van der Waals surface area contributed by atoms with Crippen LogP contribution in [-0.4, -0.2) is 17.6 Å². The average molecular weight is 379 g/mol. The molecule has 2 aromatic carbocycles. The van der Waals surface area contributed by atoms with E-state index in [2.05, 4.69) is 21.2 Å². The maximum absolute atomic E-state index is 12.0. The molecule has 0 heterocycles. The normalized spacial score (nSPS) is 10.2. The molecule has 0 unspecified atom stereocenters. The van der Waals surface area contributed by atoms with Crippen molar-refractivity contribution in [1.82, 2.24) is 0 Å². The van der Waals surface area contributed by atoms with E-state index >= 15 is 0 Å². The second kappa shape index (κ2) is 8.00. The molecule has 114 valence electrons. The summed E-state index contributed by atoms with van der Waals surface area (Å²) in [5, 5.41) is 2.72. The number of para-hydroxylation sites is 1. The van der Waals surface area contributed by atoms with Gasteiger partial charge in [-0.25, -0.2) is 0 Å². The lowest BCUT2D eigenvalue weighted by Crippen LogP contribution is -2.19. The molecule has 3 N–H and O–H groups in total. The minimum absolute atomic E-state index is 0.161. The van der Waals surface area contributed by atoms with Gasteiger partial charge in [0, 0.05) is 10.2 Å². The van der Waals surface area contributed by atoms with E-state index in [9.17, 15) is 9.59 Å². The Kier molecular flexibility index (Phi) is 6.03. The van der Waals surface area contributed by atoms with Gasteiger partial charge in [0.05, 0.1) is 17.0 Å². The number of thioether (sulfide) groups is 1. The first kappa shape index (κ1) is 16.6. The van der Waals surface area contributed by atoms with E-state index in [1.807, 2.05) is 24.3 Å². The fourth-order valence-corrected chi connectivity index (χ4v) is 3.30. The van der Waals surface area contributed by atoms with Crippen molar-refractivity contribution >= 4 is 45.2 Å². The summed E-state index contributed by atoms with van der Waals surface area (Å²) in [5.74, 6) is 0.309. The molecule has 0 spiro atoms. The highest BCUT2D eigenvalue weighted by Gasteiger charge is 2.10. The number of hydrogen-bond acceptors (Lipinski definition) is 3. The van der Waals surface area contributed by atoms with Gasteiger partial charge in [-0.1, -0.05) is 46.3 Å². The van der Waals surface area contributed by atoms with Crippen LogP contribution in [0.25, 0.3) is 0 Å². The van der Waals surface area contributed by atoms with Crippen molar-refractivity contribution in [2.45, 2.75) is 5.75 Å². The van der Waals surface area contributed by atoms with E-state index in [1.54, 1.807) is 24.3 Å². The first-order valence-electron chi connectivity index (χ1n) is 6.58. The highest BCUT2D eigenvalue weighted by Crippen LogP contribution is 2.21. The van der Waals surface area contributed by atoms with E-state index in [4.69, 9.17) is 5.73 Å². The van der Waals surface area contributed by atoms with Gasteiger partial charge in [0.2, 0.25) is 5.91 Å². The van der Waals surface area contributed by atoms with Crippen molar-refractivity contribution in [3.63, 3.8) is 0 Å². The predicted octanol–water partition coefficient (Wildman–Crippen LogP) is 3.42. The summed E-state index contributed by atoms with van der Waals surface area (Å²) < 4.78 is 1.03. The van der Waals surface area contributed by atoms with Crippen LogP contribution >= 0.6 is 27.7 Å². The molecule has 0 fully saturated rings. The summed E-state index contributed by atoms with van der Waals surface area (Å²) in [7, 11) is 0. The third-order valence-electron chi connectivity index (χ3n) is 2.92. The Bertz CT molecular complexity index is 691. The van der Waals surface area contributed by atoms with Gasteiger partial charge in [0.25, 0.3) is 5.91 Å². The van der Waals surface area contributed by atoms with Crippen LogP contribution in [0.3, 0.4) is 0 Å². The lowest BCUT2D eigenvalue weighted by Gasteiger charge is -2.09. The van der Waals surface area contributed by atoms with E-state index in [-0.39, 0.29) is 5.91 Å². The van der Waals surface area contributed by atoms with Crippen molar-refractivity contribution in [2.75, 3.05) is 11.1 Å². The third-order valence-corrected chi connectivity index (χ3v) is 4.67. The summed E-state index contributed by atoms with van der Waals surface area (Å²) in [6.45, 7) is 0. The number of primary amides is 1. The van der Waals surface area contributed by atoms with Gasteiger partial charge >= 0.3 is 0 Å². The van der Waals surface area contributed by atoms with Crippen LogP contribution in [0.2, 0.25) is 0 Å². The Balaban J connectivity index is 1.89. The standard InChI is InChI=1S/C16H15BrN2O2S/c17-13-7-3-1-5-11(13)9-22-10-15(20)19-14-8-4-2-6-12(14)16(18)21/h1-8H,9-10H2,(H2,18,21)(H,19,20). The number of carbonyl (C=O) groups is 2. The van der Waals surface area contributed by atoms with Gasteiger partial charge in [-0.2, -0.15) is 0 Å². The highest BCUT2D eigenvalue weighted by atomic mass is 79.9. The zero-order valence-electron chi connectivity index (χ0n) is 11.7. The molecule has 0 aliphatic rings. The molecule has 0 saturated heterocycles. The van der Waals surface area contributed by atoms with E-state index in [1.165, 1.54) is 11.8 Å². The number of carbonyl (C=O) groups excluding carboxylic acids is 2. The van der Waals surface area contributed by atoms with Crippen LogP contribution in [0.4, 0.5) is 5.69 Å². The van der Waals surface area contributed by atoms with Crippen molar-refractivity contribution in [2.24, 2.45) is 5.73 Å². The van der Waals surface area contributed by atoms with Gasteiger partial charge in [-0.15, -0.1) is 11.8 Å². The van der Waals surface area contributed by atoms with Crippen LogP contribution in [0.5, 0.6) is 0 Å². The summed E-state index contributed by atoms with van der Waals surface area (Å²) in [6.07, 6.45) is 0. The Morgan fingerprint density at radius 1 is 1.09 bits per heavy atom. The largest absolute Gasteiger partial charge is 0.366 e. The van der Waals surface area contributed by atoms with Crippen molar-refractivity contribution < 1.29 is 9.59 Å². The van der Waals surface area contributed by atoms with E-state index in [0.717, 1.165) is 15.8 Å². The van der Waals surface area contributed by atoms with Gasteiger partial charge in [-0.05, 0) is 23.8 Å². The maximum atomic E-state index is 12.0.